The predicted octanol–water partition coefficient (Wildman–Crippen LogP) is 6.21. The summed E-state index contributed by atoms with van der Waals surface area (Å²) in [5, 5.41) is 8.13. The number of hydrogen-bond acceptors (Lipinski definition) is 8. The number of Topliss-reactive ketones (excluding diaryl/α,β-unsaturated/α-hetero) is 2. The van der Waals surface area contributed by atoms with Gasteiger partial charge < -0.3 is 14.2 Å². The summed E-state index contributed by atoms with van der Waals surface area (Å²) in [6.07, 6.45) is 5.99. The van der Waals surface area contributed by atoms with Crippen LogP contribution >= 0.6 is 0 Å². The molecule has 39 heavy (non-hydrogen) atoms. The molecule has 0 unspecified atom stereocenters. The Balaban J connectivity index is 2.11. The van der Waals surface area contributed by atoms with Gasteiger partial charge in [0.1, 0.15) is 11.4 Å². The molecule has 0 amide bonds. The summed E-state index contributed by atoms with van der Waals surface area (Å²) in [4.78, 5) is 59.3. The first kappa shape index (κ1) is 29.2. The number of unbranched alkanes of at least 4 members (excludes halogenated alkanes) is 3. The lowest BCUT2D eigenvalue weighted by molar-refractivity contribution is -0.141. The zero-order valence-corrected chi connectivity index (χ0v) is 22.7. The molecular weight excluding hydrogens is 498 g/mol. The van der Waals surface area contributed by atoms with Crippen molar-refractivity contribution in [2.24, 2.45) is 10.3 Å². The summed E-state index contributed by atoms with van der Waals surface area (Å²) in [6, 6.07) is 14.5. The van der Waals surface area contributed by atoms with Crippen LogP contribution in [0.15, 0.2) is 65.0 Å². The number of ketones is 2. The molecule has 0 atom stereocenters. The minimum atomic E-state index is -0.633. The highest BCUT2D eigenvalue weighted by Gasteiger charge is 2.23. The lowest BCUT2D eigenvalue weighted by Gasteiger charge is -2.08. The third-order valence-corrected chi connectivity index (χ3v) is 6.04. The van der Waals surface area contributed by atoms with Gasteiger partial charge in [0, 0.05) is 42.2 Å². The standard InChI is InChI=1S/C30H33N3O6/c1-5-7-8-12-15-27(32-39-21(4)35)29(36)22-16-17-28-24(18-22)25(19-33(28)23-13-10-9-11-14-23)30(37)26(6-2)31-38-20(3)34/h9-11,13-14,16-19H,5-8,12,15H2,1-4H3/b31-26+,32-27+. The van der Waals surface area contributed by atoms with Crippen molar-refractivity contribution in [3.8, 4) is 5.69 Å². The van der Waals surface area contributed by atoms with Gasteiger partial charge in [0.05, 0.1) is 5.52 Å². The topological polar surface area (TPSA) is 116 Å². The molecule has 0 aliphatic heterocycles. The van der Waals surface area contributed by atoms with Crippen molar-refractivity contribution in [1.82, 2.24) is 4.57 Å². The van der Waals surface area contributed by atoms with Crippen LogP contribution in [-0.4, -0.2) is 39.5 Å². The highest BCUT2D eigenvalue weighted by molar-refractivity contribution is 6.48. The summed E-state index contributed by atoms with van der Waals surface area (Å²) in [7, 11) is 0. The van der Waals surface area contributed by atoms with Crippen molar-refractivity contribution in [3.05, 3.63) is 65.9 Å². The maximum absolute atomic E-state index is 13.5. The molecule has 204 valence electrons. The molecule has 0 radical (unpaired) electrons. The number of nitrogens with zero attached hydrogens (tertiary/aromatic N) is 3. The largest absolute Gasteiger partial charge is 0.331 e. The predicted molar refractivity (Wildman–Crippen MR) is 149 cm³/mol. The minimum Gasteiger partial charge on any atom is -0.318 e. The van der Waals surface area contributed by atoms with Gasteiger partial charge in [-0.25, -0.2) is 9.59 Å². The van der Waals surface area contributed by atoms with Gasteiger partial charge in [-0.05, 0) is 49.6 Å². The maximum Gasteiger partial charge on any atom is 0.331 e. The Morgan fingerprint density at radius 1 is 0.795 bits per heavy atom. The Labute approximate surface area is 227 Å². The van der Waals surface area contributed by atoms with E-state index in [4.69, 9.17) is 9.68 Å². The number of fused-ring (bicyclic) bond motifs is 1. The van der Waals surface area contributed by atoms with Crippen molar-refractivity contribution in [2.45, 2.75) is 66.2 Å². The zero-order chi connectivity index (χ0) is 28.4. The lowest BCUT2D eigenvalue weighted by atomic mass is 9.98. The summed E-state index contributed by atoms with van der Waals surface area (Å²) in [5.41, 5.74) is 2.34. The fourth-order valence-corrected chi connectivity index (χ4v) is 4.10. The van der Waals surface area contributed by atoms with E-state index < -0.39 is 17.7 Å². The van der Waals surface area contributed by atoms with Crippen molar-refractivity contribution < 1.29 is 28.9 Å². The average Bonchev–Trinajstić information content (AvgIpc) is 3.31. The van der Waals surface area contributed by atoms with Crippen molar-refractivity contribution >= 4 is 45.8 Å². The maximum atomic E-state index is 13.5. The van der Waals surface area contributed by atoms with E-state index in [0.29, 0.717) is 28.5 Å². The fourth-order valence-electron chi connectivity index (χ4n) is 4.10. The number of hydrogen-bond donors (Lipinski definition) is 0. The van der Waals surface area contributed by atoms with E-state index >= 15 is 0 Å². The molecular formula is C30H33N3O6. The Kier molecular flexibility index (Phi) is 10.4. The van der Waals surface area contributed by atoms with Gasteiger partial charge in [-0.1, -0.05) is 61.6 Å². The van der Waals surface area contributed by atoms with Crippen LogP contribution in [0.25, 0.3) is 16.6 Å². The van der Waals surface area contributed by atoms with E-state index in [1.54, 1.807) is 31.3 Å². The van der Waals surface area contributed by atoms with E-state index in [2.05, 4.69) is 17.2 Å². The van der Waals surface area contributed by atoms with Crippen molar-refractivity contribution in [1.29, 1.82) is 0 Å². The minimum absolute atomic E-state index is 0.0714. The average molecular weight is 532 g/mol. The van der Waals surface area contributed by atoms with Gasteiger partial charge in [0.15, 0.2) is 0 Å². The summed E-state index contributed by atoms with van der Waals surface area (Å²) >= 11 is 0. The molecule has 0 saturated heterocycles. The summed E-state index contributed by atoms with van der Waals surface area (Å²) < 4.78 is 1.86. The Morgan fingerprint density at radius 3 is 2.08 bits per heavy atom. The van der Waals surface area contributed by atoms with Gasteiger partial charge in [-0.3, -0.25) is 9.59 Å². The van der Waals surface area contributed by atoms with Crippen LogP contribution in [0, 0.1) is 0 Å². The number of carbonyl (C=O) groups is 4. The monoisotopic (exact) mass is 531 g/mol. The highest BCUT2D eigenvalue weighted by Crippen LogP contribution is 2.28. The van der Waals surface area contributed by atoms with Gasteiger partial charge in [0.25, 0.3) is 0 Å². The Morgan fingerprint density at radius 2 is 1.46 bits per heavy atom. The SMILES string of the molecule is CCCCCC/C(=N\OC(C)=O)C(=O)c1ccc2c(c1)c(C(=O)/C(CC)=N/OC(C)=O)cn2-c1ccccc1. The van der Waals surface area contributed by atoms with Crippen LogP contribution in [0.1, 0.15) is 86.9 Å². The molecule has 0 N–H and O–H groups in total. The number of oxime groups is 2. The molecule has 9 nitrogen and oxygen atoms in total. The van der Waals surface area contributed by atoms with Gasteiger partial charge in [-0.2, -0.15) is 0 Å². The smallest absolute Gasteiger partial charge is 0.318 e. The summed E-state index contributed by atoms with van der Waals surface area (Å²) in [6.45, 7) is 6.26. The first-order chi connectivity index (χ1) is 18.8. The first-order valence-electron chi connectivity index (χ1n) is 13.1. The van der Waals surface area contributed by atoms with Crippen LogP contribution in [0.4, 0.5) is 0 Å². The van der Waals surface area contributed by atoms with Crippen LogP contribution in [0.5, 0.6) is 0 Å². The number of benzene rings is 2. The molecule has 1 aromatic heterocycles. The molecule has 0 spiro atoms. The van der Waals surface area contributed by atoms with Crippen LogP contribution in [-0.2, 0) is 19.3 Å². The van der Waals surface area contributed by atoms with Crippen LogP contribution in [0.2, 0.25) is 0 Å². The normalized spacial score (nSPS) is 11.9. The second kappa shape index (κ2) is 13.9. The van der Waals surface area contributed by atoms with E-state index in [-0.39, 0.29) is 23.6 Å². The molecule has 3 aromatic rings. The second-order valence-electron chi connectivity index (χ2n) is 9.04. The molecule has 9 heteroatoms. The quantitative estimate of drug-likeness (QED) is 0.0850. The molecule has 3 rings (SSSR count). The molecule has 0 aliphatic carbocycles. The van der Waals surface area contributed by atoms with Crippen LogP contribution in [0.3, 0.4) is 0 Å². The molecule has 0 aliphatic rings. The third kappa shape index (κ3) is 7.56. The van der Waals surface area contributed by atoms with Crippen molar-refractivity contribution in [3.63, 3.8) is 0 Å². The molecule has 2 aromatic carbocycles. The number of carbonyl (C=O) groups excluding carboxylic acids is 4. The third-order valence-electron chi connectivity index (χ3n) is 6.04. The van der Waals surface area contributed by atoms with Gasteiger partial charge in [0.2, 0.25) is 11.6 Å². The zero-order valence-electron chi connectivity index (χ0n) is 22.7. The van der Waals surface area contributed by atoms with E-state index in [9.17, 15) is 19.2 Å². The van der Waals surface area contributed by atoms with E-state index in [0.717, 1.165) is 31.4 Å². The Bertz CT molecular complexity index is 1420. The Hall–Kier alpha value is -4.40. The summed E-state index contributed by atoms with van der Waals surface area (Å²) in [5.74, 6) is -2.05. The number of para-hydroxylation sites is 1. The van der Waals surface area contributed by atoms with Gasteiger partial charge in [-0.15, -0.1) is 0 Å². The lowest BCUT2D eigenvalue weighted by Crippen LogP contribution is -2.16. The molecule has 0 bridgehead atoms. The molecule has 0 fully saturated rings. The van der Waals surface area contributed by atoms with E-state index in [1.165, 1.54) is 13.8 Å². The first-order valence-corrected chi connectivity index (χ1v) is 13.1. The highest BCUT2D eigenvalue weighted by atomic mass is 16.7. The van der Waals surface area contributed by atoms with E-state index in [1.807, 2.05) is 34.9 Å². The molecule has 1 heterocycles. The van der Waals surface area contributed by atoms with Gasteiger partial charge >= 0.3 is 11.9 Å². The molecule has 0 saturated carbocycles. The van der Waals surface area contributed by atoms with Crippen LogP contribution < -0.4 is 0 Å². The van der Waals surface area contributed by atoms with Crippen molar-refractivity contribution in [2.75, 3.05) is 0 Å². The second-order valence-corrected chi connectivity index (χ2v) is 9.04. The number of rotatable bonds is 13. The number of aromatic nitrogens is 1. The fraction of sp³-hybridized carbons (Fsp3) is 0.333.